The summed E-state index contributed by atoms with van der Waals surface area (Å²) >= 11 is 6.14. The number of nitrogens with one attached hydrogen (secondary N) is 1. The fourth-order valence-electron chi connectivity index (χ4n) is 2.36. The summed E-state index contributed by atoms with van der Waals surface area (Å²) in [5, 5.41) is 3.21. The number of hydrogen-bond acceptors (Lipinski definition) is 5. The average Bonchev–Trinajstić information content (AvgIpc) is 3.07. The molecule has 1 heterocycles. The van der Waals surface area contributed by atoms with Gasteiger partial charge in [-0.05, 0) is 38.4 Å². The monoisotopic (exact) mass is 352 g/mol. The molecule has 2 rings (SSSR count). The Bertz CT molecular complexity index is 686. The Morgan fingerprint density at radius 1 is 1.33 bits per heavy atom. The third kappa shape index (κ3) is 4.01. The summed E-state index contributed by atoms with van der Waals surface area (Å²) in [6, 6.07) is 6.78. The van der Waals surface area contributed by atoms with E-state index in [0.29, 0.717) is 28.6 Å². The standard InChI is InChI=1S/C17H21ClN2O4/c1-20(2)13(14-6-5-7-24-14)10-19-17(21)11-8-12(18)16(23-4)15(9-11)22-3/h5-9,13H,10H2,1-4H3,(H,19,21)/t13-/m1/s1. The molecule has 0 aliphatic carbocycles. The molecule has 24 heavy (non-hydrogen) atoms. The van der Waals surface area contributed by atoms with Gasteiger partial charge in [-0.3, -0.25) is 9.69 Å². The van der Waals surface area contributed by atoms with Crippen LogP contribution in [0, 0.1) is 0 Å². The van der Waals surface area contributed by atoms with Gasteiger partial charge >= 0.3 is 0 Å². The number of amides is 1. The van der Waals surface area contributed by atoms with E-state index >= 15 is 0 Å². The lowest BCUT2D eigenvalue weighted by Gasteiger charge is -2.22. The van der Waals surface area contributed by atoms with E-state index in [1.54, 1.807) is 18.4 Å². The van der Waals surface area contributed by atoms with E-state index in [1.165, 1.54) is 14.2 Å². The summed E-state index contributed by atoms with van der Waals surface area (Å²) in [5.74, 6) is 1.34. The van der Waals surface area contributed by atoms with E-state index in [0.717, 1.165) is 5.76 Å². The SMILES string of the molecule is COc1cc(C(=O)NC[C@H](c2ccco2)N(C)C)cc(Cl)c1OC. The van der Waals surface area contributed by atoms with Crippen molar-refractivity contribution in [1.29, 1.82) is 0 Å². The number of hydrogen-bond donors (Lipinski definition) is 1. The second-order valence-corrected chi connectivity index (χ2v) is 5.81. The van der Waals surface area contributed by atoms with Crippen molar-refractivity contribution in [3.8, 4) is 11.5 Å². The summed E-state index contributed by atoms with van der Waals surface area (Å²) in [7, 11) is 6.84. The quantitative estimate of drug-likeness (QED) is 0.830. The smallest absolute Gasteiger partial charge is 0.251 e. The van der Waals surface area contributed by atoms with Crippen LogP contribution in [0.5, 0.6) is 11.5 Å². The van der Waals surface area contributed by atoms with Crippen LogP contribution >= 0.6 is 11.6 Å². The number of furan rings is 1. The van der Waals surface area contributed by atoms with Crippen molar-refractivity contribution >= 4 is 17.5 Å². The molecule has 0 saturated heterocycles. The van der Waals surface area contributed by atoms with E-state index in [1.807, 2.05) is 31.1 Å². The van der Waals surface area contributed by atoms with Gasteiger partial charge in [-0.15, -0.1) is 0 Å². The van der Waals surface area contributed by atoms with Crippen molar-refractivity contribution in [3.63, 3.8) is 0 Å². The van der Waals surface area contributed by atoms with Crippen LogP contribution in [-0.4, -0.2) is 45.7 Å². The fourth-order valence-corrected chi connectivity index (χ4v) is 2.65. The molecular weight excluding hydrogens is 332 g/mol. The number of likely N-dealkylation sites (N-methyl/N-ethyl adjacent to an activating group) is 1. The number of carbonyl (C=O) groups is 1. The van der Waals surface area contributed by atoms with Crippen LogP contribution in [-0.2, 0) is 0 Å². The zero-order chi connectivity index (χ0) is 17.7. The van der Waals surface area contributed by atoms with Gasteiger partial charge in [-0.2, -0.15) is 0 Å². The van der Waals surface area contributed by atoms with Crippen LogP contribution in [0.15, 0.2) is 34.9 Å². The Morgan fingerprint density at radius 3 is 2.62 bits per heavy atom. The maximum absolute atomic E-state index is 12.4. The van der Waals surface area contributed by atoms with Crippen molar-refractivity contribution in [2.75, 3.05) is 34.9 Å². The van der Waals surface area contributed by atoms with Crippen LogP contribution in [0.2, 0.25) is 5.02 Å². The molecule has 0 fully saturated rings. The van der Waals surface area contributed by atoms with E-state index < -0.39 is 0 Å². The summed E-state index contributed by atoms with van der Waals surface area (Å²) < 4.78 is 15.8. The first-order valence-corrected chi connectivity index (χ1v) is 7.75. The van der Waals surface area contributed by atoms with Gasteiger partial charge in [0.25, 0.3) is 5.91 Å². The van der Waals surface area contributed by atoms with E-state index in [4.69, 9.17) is 25.5 Å². The third-order valence-electron chi connectivity index (χ3n) is 3.65. The Balaban J connectivity index is 2.13. The van der Waals surface area contributed by atoms with Crippen LogP contribution in [0.25, 0.3) is 0 Å². The fraction of sp³-hybridized carbons (Fsp3) is 0.353. The lowest BCUT2D eigenvalue weighted by Crippen LogP contribution is -2.34. The molecule has 1 amide bonds. The topological polar surface area (TPSA) is 63.9 Å². The largest absolute Gasteiger partial charge is 0.493 e. The lowest BCUT2D eigenvalue weighted by molar-refractivity contribution is 0.0938. The number of halogens is 1. The minimum atomic E-state index is -0.253. The zero-order valence-corrected chi connectivity index (χ0v) is 14.9. The molecule has 6 nitrogen and oxygen atoms in total. The molecule has 0 saturated carbocycles. The Kier molecular flexibility index (Phi) is 6.11. The number of rotatable bonds is 7. The second kappa shape index (κ2) is 8.08. The molecule has 0 unspecified atom stereocenters. The highest BCUT2D eigenvalue weighted by Gasteiger charge is 2.20. The number of nitrogens with zero attached hydrogens (tertiary/aromatic N) is 1. The molecule has 0 radical (unpaired) electrons. The zero-order valence-electron chi connectivity index (χ0n) is 14.1. The van der Waals surface area contributed by atoms with Crippen LogP contribution < -0.4 is 14.8 Å². The van der Waals surface area contributed by atoms with Gasteiger partial charge in [0.15, 0.2) is 11.5 Å². The summed E-state index contributed by atoms with van der Waals surface area (Å²) in [6.45, 7) is 0.394. The highest BCUT2D eigenvalue weighted by atomic mass is 35.5. The molecule has 2 aromatic rings. The molecule has 1 atom stereocenters. The molecular formula is C17H21ClN2O4. The molecule has 0 aliphatic heterocycles. The second-order valence-electron chi connectivity index (χ2n) is 5.40. The first-order valence-electron chi connectivity index (χ1n) is 7.37. The van der Waals surface area contributed by atoms with E-state index in [-0.39, 0.29) is 11.9 Å². The molecule has 0 spiro atoms. The maximum Gasteiger partial charge on any atom is 0.251 e. The molecule has 0 aliphatic rings. The minimum Gasteiger partial charge on any atom is -0.493 e. The van der Waals surface area contributed by atoms with Crippen molar-refractivity contribution < 1.29 is 18.7 Å². The third-order valence-corrected chi connectivity index (χ3v) is 3.93. The van der Waals surface area contributed by atoms with Gasteiger partial charge in [-0.25, -0.2) is 0 Å². The van der Waals surface area contributed by atoms with Crippen LogP contribution in [0.1, 0.15) is 22.2 Å². The number of carbonyl (C=O) groups excluding carboxylic acids is 1. The van der Waals surface area contributed by atoms with Crippen molar-refractivity contribution in [2.45, 2.75) is 6.04 Å². The molecule has 0 bridgehead atoms. The minimum absolute atomic E-state index is 0.0698. The molecule has 7 heteroatoms. The number of ether oxygens (including phenoxy) is 2. The lowest BCUT2D eigenvalue weighted by atomic mass is 10.1. The van der Waals surface area contributed by atoms with Crippen LogP contribution in [0.4, 0.5) is 0 Å². The predicted octanol–water partition coefficient (Wildman–Crippen LogP) is 2.98. The average molecular weight is 353 g/mol. The van der Waals surface area contributed by atoms with Gasteiger partial charge in [0.05, 0.1) is 31.5 Å². The molecule has 130 valence electrons. The maximum atomic E-state index is 12.4. The highest BCUT2D eigenvalue weighted by molar-refractivity contribution is 6.32. The number of benzene rings is 1. The van der Waals surface area contributed by atoms with Gasteiger partial charge in [0.2, 0.25) is 0 Å². The van der Waals surface area contributed by atoms with E-state index in [9.17, 15) is 4.79 Å². The van der Waals surface area contributed by atoms with Gasteiger partial charge in [0, 0.05) is 12.1 Å². The van der Waals surface area contributed by atoms with E-state index in [2.05, 4.69) is 5.32 Å². The Hall–Kier alpha value is -2.18. The van der Waals surface area contributed by atoms with Gasteiger partial charge in [-0.1, -0.05) is 11.6 Å². The summed E-state index contributed by atoms with van der Waals surface area (Å²) in [5.41, 5.74) is 0.398. The normalized spacial score (nSPS) is 12.1. The highest BCUT2D eigenvalue weighted by Crippen LogP contribution is 2.36. The molecule has 1 N–H and O–H groups in total. The summed E-state index contributed by atoms with van der Waals surface area (Å²) in [4.78, 5) is 14.4. The van der Waals surface area contributed by atoms with Crippen LogP contribution in [0.3, 0.4) is 0 Å². The van der Waals surface area contributed by atoms with Gasteiger partial charge in [0.1, 0.15) is 5.76 Å². The molecule has 1 aromatic heterocycles. The van der Waals surface area contributed by atoms with Crippen molar-refractivity contribution in [1.82, 2.24) is 10.2 Å². The van der Waals surface area contributed by atoms with Crippen molar-refractivity contribution in [2.24, 2.45) is 0 Å². The molecule has 1 aromatic carbocycles. The Labute approximate surface area is 146 Å². The first-order chi connectivity index (χ1) is 11.5. The van der Waals surface area contributed by atoms with Gasteiger partial charge < -0.3 is 19.2 Å². The first kappa shape index (κ1) is 18.2. The Morgan fingerprint density at radius 2 is 2.08 bits per heavy atom. The summed E-state index contributed by atoms with van der Waals surface area (Å²) in [6.07, 6.45) is 1.61. The van der Waals surface area contributed by atoms with Crippen molar-refractivity contribution in [3.05, 3.63) is 46.9 Å². The number of methoxy groups -OCH3 is 2. The predicted molar refractivity (Wildman–Crippen MR) is 92.0 cm³/mol.